The second kappa shape index (κ2) is 6.85. The molecule has 20 heavy (non-hydrogen) atoms. The summed E-state index contributed by atoms with van der Waals surface area (Å²) in [5, 5.41) is 0. The van der Waals surface area contributed by atoms with Crippen LogP contribution in [0.25, 0.3) is 0 Å². The van der Waals surface area contributed by atoms with Crippen molar-refractivity contribution in [2.75, 3.05) is 19.1 Å². The molecule has 0 saturated carbocycles. The van der Waals surface area contributed by atoms with Crippen molar-refractivity contribution < 1.29 is 13.2 Å². The zero-order chi connectivity index (χ0) is 15.3. The summed E-state index contributed by atoms with van der Waals surface area (Å²) >= 11 is 0. The highest BCUT2D eigenvalue weighted by Gasteiger charge is 2.21. The summed E-state index contributed by atoms with van der Waals surface area (Å²) in [6.07, 6.45) is 1.33. The average molecular weight is 298 g/mol. The van der Waals surface area contributed by atoms with Gasteiger partial charge in [-0.05, 0) is 12.5 Å². The molecule has 2 atom stereocenters. The number of sulfone groups is 1. The Bertz CT molecular complexity index is 543. The van der Waals surface area contributed by atoms with E-state index in [4.69, 9.17) is 5.73 Å². The molecule has 0 aliphatic carbocycles. The maximum atomic E-state index is 12.1. The predicted octanol–water partition coefficient (Wildman–Crippen LogP) is 0.968. The zero-order valence-corrected chi connectivity index (χ0v) is 12.9. The number of carbonyl (C=O) groups excluding carboxylic acids is 1. The van der Waals surface area contributed by atoms with E-state index in [1.54, 1.807) is 14.0 Å². The van der Waals surface area contributed by atoms with Crippen LogP contribution in [0.4, 0.5) is 0 Å². The van der Waals surface area contributed by atoms with Gasteiger partial charge in [0, 0.05) is 31.8 Å². The molecule has 0 bridgehead atoms. The molecule has 0 aromatic heterocycles. The van der Waals surface area contributed by atoms with E-state index in [1.807, 2.05) is 30.3 Å². The van der Waals surface area contributed by atoms with Crippen molar-refractivity contribution in [3.63, 3.8) is 0 Å². The molecule has 1 amide bonds. The Morgan fingerprint density at radius 1 is 1.30 bits per heavy atom. The first-order chi connectivity index (χ1) is 9.20. The van der Waals surface area contributed by atoms with Gasteiger partial charge in [0.1, 0.15) is 9.84 Å². The topological polar surface area (TPSA) is 80.5 Å². The number of rotatable bonds is 6. The Labute approximate surface area is 120 Å². The Morgan fingerprint density at radius 2 is 1.85 bits per heavy atom. The zero-order valence-electron chi connectivity index (χ0n) is 12.1. The normalized spacial score (nSPS) is 14.6. The van der Waals surface area contributed by atoms with Crippen LogP contribution in [-0.2, 0) is 14.6 Å². The maximum absolute atomic E-state index is 12.1. The molecule has 0 unspecified atom stereocenters. The van der Waals surface area contributed by atoms with E-state index in [9.17, 15) is 13.2 Å². The van der Waals surface area contributed by atoms with Gasteiger partial charge in [-0.25, -0.2) is 8.42 Å². The van der Waals surface area contributed by atoms with Crippen molar-refractivity contribution in [2.24, 2.45) is 5.73 Å². The highest BCUT2D eigenvalue weighted by atomic mass is 32.2. The summed E-state index contributed by atoms with van der Waals surface area (Å²) in [6.45, 7) is 1.72. The summed E-state index contributed by atoms with van der Waals surface area (Å²) in [5.74, 6) is -0.201. The van der Waals surface area contributed by atoms with Crippen LogP contribution in [0.1, 0.15) is 24.9 Å². The molecule has 0 saturated heterocycles. The minimum absolute atomic E-state index is 0.0458. The Hall–Kier alpha value is -1.40. The SMILES string of the molecule is C[C@@H](CS(C)(=O)=O)N(C)C(=O)C[C@@H](N)c1ccccc1. The molecule has 1 rings (SSSR count). The summed E-state index contributed by atoms with van der Waals surface area (Å²) in [5.41, 5.74) is 6.89. The highest BCUT2D eigenvalue weighted by molar-refractivity contribution is 7.90. The molecule has 1 aromatic rings. The summed E-state index contributed by atoms with van der Waals surface area (Å²) in [6, 6.07) is 8.64. The van der Waals surface area contributed by atoms with Crippen molar-refractivity contribution in [2.45, 2.75) is 25.4 Å². The number of hydrogen-bond acceptors (Lipinski definition) is 4. The summed E-state index contributed by atoms with van der Waals surface area (Å²) in [4.78, 5) is 13.6. The molecule has 0 radical (unpaired) electrons. The molecular formula is C14H22N2O3S. The molecule has 6 heteroatoms. The Morgan fingerprint density at radius 3 is 2.35 bits per heavy atom. The first-order valence-electron chi connectivity index (χ1n) is 6.44. The fraction of sp³-hybridized carbons (Fsp3) is 0.500. The van der Waals surface area contributed by atoms with Crippen LogP contribution >= 0.6 is 0 Å². The summed E-state index contributed by atoms with van der Waals surface area (Å²) < 4.78 is 22.5. The van der Waals surface area contributed by atoms with Gasteiger partial charge in [0.15, 0.2) is 0 Å². The van der Waals surface area contributed by atoms with Gasteiger partial charge in [0.25, 0.3) is 0 Å². The van der Waals surface area contributed by atoms with Gasteiger partial charge in [0.2, 0.25) is 5.91 Å². The third-order valence-electron chi connectivity index (χ3n) is 3.22. The first-order valence-corrected chi connectivity index (χ1v) is 8.50. The fourth-order valence-corrected chi connectivity index (χ4v) is 3.05. The lowest BCUT2D eigenvalue weighted by molar-refractivity contribution is -0.131. The molecule has 5 nitrogen and oxygen atoms in total. The van der Waals surface area contributed by atoms with E-state index < -0.39 is 9.84 Å². The number of amides is 1. The van der Waals surface area contributed by atoms with Gasteiger partial charge in [-0.3, -0.25) is 4.79 Å². The number of nitrogens with zero attached hydrogens (tertiary/aromatic N) is 1. The van der Waals surface area contributed by atoms with Crippen molar-refractivity contribution in [1.82, 2.24) is 4.90 Å². The quantitative estimate of drug-likeness (QED) is 0.848. The molecule has 0 aliphatic heterocycles. The van der Waals surface area contributed by atoms with Crippen LogP contribution in [0.3, 0.4) is 0 Å². The molecule has 1 aromatic carbocycles. The standard InChI is InChI=1S/C14H22N2O3S/c1-11(10-20(3,18)19)16(2)14(17)9-13(15)12-7-5-4-6-8-12/h4-8,11,13H,9-10,15H2,1-3H3/t11-,13+/m0/s1. The third-order valence-corrected chi connectivity index (χ3v) is 4.31. The minimum atomic E-state index is -3.11. The average Bonchev–Trinajstić information content (AvgIpc) is 2.36. The molecule has 0 heterocycles. The van der Waals surface area contributed by atoms with E-state index in [-0.39, 0.29) is 30.2 Å². The number of benzene rings is 1. The van der Waals surface area contributed by atoms with Crippen molar-refractivity contribution in [3.05, 3.63) is 35.9 Å². The molecule has 2 N–H and O–H groups in total. The molecule has 112 valence electrons. The Kier molecular flexibility index (Phi) is 5.71. The molecule has 0 aliphatic rings. The monoisotopic (exact) mass is 298 g/mol. The van der Waals surface area contributed by atoms with E-state index in [0.29, 0.717) is 0 Å². The fourth-order valence-electron chi connectivity index (χ4n) is 1.95. The van der Waals surface area contributed by atoms with Gasteiger partial charge < -0.3 is 10.6 Å². The number of carbonyl (C=O) groups is 1. The maximum Gasteiger partial charge on any atom is 0.224 e. The second-order valence-corrected chi connectivity index (χ2v) is 7.35. The van der Waals surface area contributed by atoms with E-state index in [1.165, 1.54) is 4.90 Å². The van der Waals surface area contributed by atoms with E-state index >= 15 is 0 Å². The highest BCUT2D eigenvalue weighted by Crippen LogP contribution is 2.15. The van der Waals surface area contributed by atoms with Gasteiger partial charge in [0.05, 0.1) is 5.75 Å². The van der Waals surface area contributed by atoms with Gasteiger partial charge >= 0.3 is 0 Å². The van der Waals surface area contributed by atoms with Crippen LogP contribution in [0.15, 0.2) is 30.3 Å². The van der Waals surface area contributed by atoms with Crippen LogP contribution < -0.4 is 5.73 Å². The van der Waals surface area contributed by atoms with Gasteiger partial charge in [-0.1, -0.05) is 30.3 Å². The molecule has 0 spiro atoms. The van der Waals surface area contributed by atoms with E-state index in [2.05, 4.69) is 0 Å². The summed E-state index contributed by atoms with van der Waals surface area (Å²) in [7, 11) is -1.50. The van der Waals surface area contributed by atoms with Crippen molar-refractivity contribution in [3.8, 4) is 0 Å². The predicted molar refractivity (Wildman–Crippen MR) is 79.9 cm³/mol. The third kappa shape index (κ3) is 5.30. The van der Waals surface area contributed by atoms with Gasteiger partial charge in [-0.2, -0.15) is 0 Å². The number of nitrogens with two attached hydrogens (primary N) is 1. The smallest absolute Gasteiger partial charge is 0.224 e. The van der Waals surface area contributed by atoms with Crippen LogP contribution in [-0.4, -0.2) is 44.3 Å². The first kappa shape index (κ1) is 16.7. The number of hydrogen-bond donors (Lipinski definition) is 1. The van der Waals surface area contributed by atoms with E-state index in [0.717, 1.165) is 11.8 Å². The van der Waals surface area contributed by atoms with Crippen LogP contribution in [0.5, 0.6) is 0 Å². The van der Waals surface area contributed by atoms with Crippen molar-refractivity contribution >= 4 is 15.7 Å². The largest absolute Gasteiger partial charge is 0.342 e. The second-order valence-electron chi connectivity index (χ2n) is 5.17. The van der Waals surface area contributed by atoms with Gasteiger partial charge in [-0.15, -0.1) is 0 Å². The molecular weight excluding hydrogens is 276 g/mol. The molecule has 0 fully saturated rings. The van der Waals surface area contributed by atoms with Crippen LogP contribution in [0, 0.1) is 0 Å². The van der Waals surface area contributed by atoms with Crippen molar-refractivity contribution in [1.29, 1.82) is 0 Å². The lowest BCUT2D eigenvalue weighted by Gasteiger charge is -2.25. The lowest BCUT2D eigenvalue weighted by Crippen LogP contribution is -2.40. The van der Waals surface area contributed by atoms with Crippen LogP contribution in [0.2, 0.25) is 0 Å². The lowest BCUT2D eigenvalue weighted by atomic mass is 10.0. The Balaban J connectivity index is 2.62. The minimum Gasteiger partial charge on any atom is -0.342 e.